The van der Waals surface area contributed by atoms with Gasteiger partial charge in [0.15, 0.2) is 5.78 Å². The summed E-state index contributed by atoms with van der Waals surface area (Å²) in [6, 6.07) is 15.2. The zero-order chi connectivity index (χ0) is 14.8. The molecule has 0 aliphatic carbocycles. The summed E-state index contributed by atoms with van der Waals surface area (Å²) in [4.78, 5) is 16.0. The third kappa shape index (κ3) is 2.56. The zero-order valence-electron chi connectivity index (χ0n) is 11.6. The Morgan fingerprint density at radius 1 is 1.14 bits per heavy atom. The summed E-state index contributed by atoms with van der Waals surface area (Å²) in [6.07, 6.45) is 1.76. The molecule has 3 N–H and O–H groups in total. The maximum absolute atomic E-state index is 11.6. The second kappa shape index (κ2) is 5.25. The number of carbonyl (C=O) groups excluding carboxylic acids is 1. The number of anilines is 3. The predicted octanol–water partition coefficient (Wildman–Crippen LogP) is 3.76. The van der Waals surface area contributed by atoms with Crippen LogP contribution in [0.5, 0.6) is 0 Å². The van der Waals surface area contributed by atoms with Gasteiger partial charge in [-0.15, -0.1) is 0 Å². The van der Waals surface area contributed by atoms with E-state index in [1.165, 1.54) is 6.92 Å². The number of nitrogens with two attached hydrogens (primary N) is 1. The molecule has 1 aromatic heterocycles. The molecule has 3 aromatic rings. The summed E-state index contributed by atoms with van der Waals surface area (Å²) in [5, 5.41) is 4.36. The average Bonchev–Trinajstić information content (AvgIpc) is 2.49. The topological polar surface area (TPSA) is 68.0 Å². The van der Waals surface area contributed by atoms with E-state index in [9.17, 15) is 4.79 Å². The number of aromatic nitrogens is 1. The minimum atomic E-state index is -0.0489. The highest BCUT2D eigenvalue weighted by Crippen LogP contribution is 2.26. The van der Waals surface area contributed by atoms with Gasteiger partial charge in [0.05, 0.1) is 11.2 Å². The Kier molecular flexibility index (Phi) is 3.28. The van der Waals surface area contributed by atoms with E-state index in [1.807, 2.05) is 36.4 Å². The van der Waals surface area contributed by atoms with E-state index in [0.717, 1.165) is 22.3 Å². The van der Waals surface area contributed by atoms with Crippen LogP contribution < -0.4 is 11.1 Å². The van der Waals surface area contributed by atoms with Crippen LogP contribution in [0.25, 0.3) is 10.9 Å². The van der Waals surface area contributed by atoms with Gasteiger partial charge < -0.3 is 11.1 Å². The minimum absolute atomic E-state index is 0.0489. The van der Waals surface area contributed by atoms with Gasteiger partial charge in [0.1, 0.15) is 0 Å². The number of fused-ring (bicyclic) bond motifs is 1. The van der Waals surface area contributed by atoms with Crippen molar-refractivity contribution >= 4 is 33.7 Å². The second-order valence-corrected chi connectivity index (χ2v) is 4.86. The van der Waals surface area contributed by atoms with E-state index < -0.39 is 0 Å². The number of nitrogen functional groups attached to an aromatic ring is 1. The number of hydrogen-bond acceptors (Lipinski definition) is 4. The highest BCUT2D eigenvalue weighted by molar-refractivity contribution is 6.00. The Labute approximate surface area is 122 Å². The normalized spacial score (nSPS) is 10.5. The van der Waals surface area contributed by atoms with Crippen molar-refractivity contribution in [3.63, 3.8) is 0 Å². The first-order valence-corrected chi connectivity index (χ1v) is 6.66. The molecule has 104 valence electrons. The Hall–Kier alpha value is -2.88. The lowest BCUT2D eigenvalue weighted by molar-refractivity contribution is 0.101. The third-order valence-corrected chi connectivity index (χ3v) is 3.34. The van der Waals surface area contributed by atoms with Gasteiger partial charge in [0.2, 0.25) is 0 Å². The van der Waals surface area contributed by atoms with Crippen molar-refractivity contribution in [3.8, 4) is 0 Å². The Bertz CT molecular complexity index is 822. The molecule has 0 bridgehead atoms. The lowest BCUT2D eigenvalue weighted by Crippen LogP contribution is -2.01. The van der Waals surface area contributed by atoms with Crippen molar-refractivity contribution in [2.75, 3.05) is 11.1 Å². The van der Waals surface area contributed by atoms with Crippen LogP contribution in [0.1, 0.15) is 17.3 Å². The summed E-state index contributed by atoms with van der Waals surface area (Å²) in [5.74, 6) is -0.0489. The molecule has 4 heteroatoms. The fraction of sp³-hybridized carbons (Fsp3) is 0.0588. The van der Waals surface area contributed by atoms with Crippen LogP contribution in [0.2, 0.25) is 0 Å². The molecule has 0 radical (unpaired) electrons. The fourth-order valence-corrected chi connectivity index (χ4v) is 2.30. The van der Waals surface area contributed by atoms with E-state index in [-0.39, 0.29) is 5.78 Å². The van der Waals surface area contributed by atoms with Crippen LogP contribution in [0.15, 0.2) is 54.7 Å². The molecule has 21 heavy (non-hydrogen) atoms. The smallest absolute Gasteiger partial charge is 0.161 e. The van der Waals surface area contributed by atoms with Crippen LogP contribution in [-0.4, -0.2) is 10.8 Å². The van der Waals surface area contributed by atoms with Gasteiger partial charge in [-0.25, -0.2) is 0 Å². The number of nitrogens with one attached hydrogen (secondary N) is 1. The number of rotatable bonds is 3. The zero-order valence-corrected chi connectivity index (χ0v) is 11.6. The van der Waals surface area contributed by atoms with Gasteiger partial charge in [-0.05, 0) is 37.3 Å². The molecule has 0 spiro atoms. The average molecular weight is 277 g/mol. The maximum Gasteiger partial charge on any atom is 0.161 e. The molecule has 0 fully saturated rings. The predicted molar refractivity (Wildman–Crippen MR) is 85.9 cm³/mol. The quantitative estimate of drug-likeness (QED) is 0.565. The molecular weight excluding hydrogens is 262 g/mol. The van der Waals surface area contributed by atoms with Crippen molar-refractivity contribution in [1.82, 2.24) is 4.98 Å². The summed E-state index contributed by atoms with van der Waals surface area (Å²) >= 11 is 0. The molecule has 0 amide bonds. The van der Waals surface area contributed by atoms with Crippen molar-refractivity contribution < 1.29 is 4.79 Å². The third-order valence-electron chi connectivity index (χ3n) is 3.34. The summed E-state index contributed by atoms with van der Waals surface area (Å²) in [7, 11) is 0. The van der Waals surface area contributed by atoms with Gasteiger partial charge in [-0.3, -0.25) is 9.78 Å². The lowest BCUT2D eigenvalue weighted by Gasteiger charge is -2.11. The number of Topliss-reactive ketones (excluding diaryl/α,β-unsaturated/α-hetero) is 1. The van der Waals surface area contributed by atoms with Crippen LogP contribution in [-0.2, 0) is 0 Å². The fourth-order valence-electron chi connectivity index (χ4n) is 2.30. The van der Waals surface area contributed by atoms with E-state index in [1.54, 1.807) is 18.3 Å². The van der Waals surface area contributed by atoms with Crippen molar-refractivity contribution in [3.05, 3.63) is 60.3 Å². The minimum Gasteiger partial charge on any atom is -0.398 e. The highest BCUT2D eigenvalue weighted by Gasteiger charge is 2.07. The number of hydrogen-bond donors (Lipinski definition) is 2. The molecule has 1 heterocycles. The Balaban J connectivity index is 2.03. The van der Waals surface area contributed by atoms with Gasteiger partial charge in [0, 0.05) is 28.5 Å². The standard InChI is InChI=1S/C17H15N3O/c1-11(21)14-10-13(7-8-15(14)18)20-16-6-2-4-12-5-3-9-19-17(12)16/h2-10,20H,18H2,1H3. The monoisotopic (exact) mass is 277 g/mol. The summed E-state index contributed by atoms with van der Waals surface area (Å²) in [6.45, 7) is 1.51. The van der Waals surface area contributed by atoms with Gasteiger partial charge in [-0.1, -0.05) is 18.2 Å². The van der Waals surface area contributed by atoms with E-state index in [2.05, 4.69) is 10.3 Å². The molecule has 0 saturated carbocycles. The van der Waals surface area contributed by atoms with Gasteiger partial charge in [-0.2, -0.15) is 0 Å². The van der Waals surface area contributed by atoms with Crippen molar-refractivity contribution in [1.29, 1.82) is 0 Å². The SMILES string of the molecule is CC(=O)c1cc(Nc2cccc3cccnc23)ccc1N. The van der Waals surface area contributed by atoms with Gasteiger partial charge in [0.25, 0.3) is 0 Å². The molecule has 2 aromatic carbocycles. The van der Waals surface area contributed by atoms with E-state index in [0.29, 0.717) is 11.3 Å². The molecule has 0 aliphatic rings. The first-order chi connectivity index (χ1) is 10.1. The largest absolute Gasteiger partial charge is 0.398 e. The number of ketones is 1. The van der Waals surface area contributed by atoms with Crippen molar-refractivity contribution in [2.24, 2.45) is 0 Å². The Morgan fingerprint density at radius 2 is 1.95 bits per heavy atom. The molecule has 0 aliphatic heterocycles. The second-order valence-electron chi connectivity index (χ2n) is 4.86. The first-order valence-electron chi connectivity index (χ1n) is 6.66. The van der Waals surface area contributed by atoms with Crippen LogP contribution in [0.3, 0.4) is 0 Å². The summed E-state index contributed by atoms with van der Waals surface area (Å²) in [5.41, 5.74) is 9.42. The molecule has 3 rings (SSSR count). The molecule has 0 atom stereocenters. The summed E-state index contributed by atoms with van der Waals surface area (Å²) < 4.78 is 0. The maximum atomic E-state index is 11.6. The number of para-hydroxylation sites is 1. The van der Waals surface area contributed by atoms with Crippen molar-refractivity contribution in [2.45, 2.75) is 6.92 Å². The molecular formula is C17H15N3O. The molecule has 0 unspecified atom stereocenters. The van der Waals surface area contributed by atoms with Crippen LogP contribution in [0.4, 0.5) is 17.1 Å². The molecule has 4 nitrogen and oxygen atoms in total. The number of nitrogens with zero attached hydrogens (tertiary/aromatic N) is 1. The Morgan fingerprint density at radius 3 is 2.76 bits per heavy atom. The van der Waals surface area contributed by atoms with Crippen LogP contribution in [0, 0.1) is 0 Å². The van der Waals surface area contributed by atoms with Crippen LogP contribution >= 0.6 is 0 Å². The first kappa shape index (κ1) is 13.1. The van der Waals surface area contributed by atoms with E-state index >= 15 is 0 Å². The number of pyridine rings is 1. The van der Waals surface area contributed by atoms with E-state index in [4.69, 9.17) is 5.73 Å². The number of benzene rings is 2. The number of carbonyl (C=O) groups is 1. The molecule has 0 saturated heterocycles. The van der Waals surface area contributed by atoms with Gasteiger partial charge >= 0.3 is 0 Å². The highest BCUT2D eigenvalue weighted by atomic mass is 16.1. The lowest BCUT2D eigenvalue weighted by atomic mass is 10.1.